The molecule has 0 radical (unpaired) electrons. The van der Waals surface area contributed by atoms with E-state index in [0.29, 0.717) is 12.0 Å². The first kappa shape index (κ1) is 28.0. The van der Waals surface area contributed by atoms with Crippen LogP contribution < -0.4 is 0 Å². The van der Waals surface area contributed by atoms with Gasteiger partial charge in [0.2, 0.25) is 0 Å². The number of allylic oxidation sites excluding steroid dienone is 3. The SMILES string of the molecule is CCCC1CCC(C2CCC(c3ccc(C(F)(F)OC4=CC(F)C(F)(C(F)(F)F)C=C4)cc3)CC2)CC1. The van der Waals surface area contributed by atoms with E-state index in [1.807, 2.05) is 0 Å². The third-order valence-electron chi connectivity index (χ3n) is 8.63. The summed E-state index contributed by atoms with van der Waals surface area (Å²) in [6.07, 6.45) is -0.0320. The molecule has 1 nitrogen and oxygen atoms in total. The number of benzene rings is 1. The second-order valence-electron chi connectivity index (χ2n) is 11.0. The highest BCUT2D eigenvalue weighted by atomic mass is 19.4. The molecule has 3 aliphatic carbocycles. The van der Waals surface area contributed by atoms with Crippen LogP contribution in [0.5, 0.6) is 0 Å². The Bertz CT molecular complexity index is 951. The maximum Gasteiger partial charge on any atom is 0.429 e. The number of ether oxygens (including phenoxy) is 1. The van der Waals surface area contributed by atoms with Gasteiger partial charge >= 0.3 is 12.3 Å². The fraction of sp³-hybridized carbons (Fsp3) is 0.655. The Kier molecular flexibility index (Phi) is 8.34. The summed E-state index contributed by atoms with van der Waals surface area (Å²) in [5.41, 5.74) is -3.81. The number of alkyl halides is 7. The summed E-state index contributed by atoms with van der Waals surface area (Å²) in [6.45, 7) is 2.25. The predicted molar refractivity (Wildman–Crippen MR) is 128 cm³/mol. The molecule has 2 atom stereocenters. The zero-order valence-electron chi connectivity index (χ0n) is 21.1. The monoisotopic (exact) mass is 532 g/mol. The van der Waals surface area contributed by atoms with Gasteiger partial charge in [0.25, 0.3) is 5.67 Å². The van der Waals surface area contributed by atoms with Crippen molar-refractivity contribution in [2.24, 2.45) is 17.8 Å². The predicted octanol–water partition coefficient (Wildman–Crippen LogP) is 9.70. The Balaban J connectivity index is 1.31. The average Bonchev–Trinajstić information content (AvgIpc) is 2.86. The van der Waals surface area contributed by atoms with Gasteiger partial charge in [-0.1, -0.05) is 44.7 Å². The Hall–Kier alpha value is -1.99. The standard InChI is InChI=1S/C29H35F7O/c1-2-3-19-4-6-20(7-5-19)21-8-10-22(11-9-21)23-12-14-24(15-13-23)28(32,33)37-25-16-17-27(31,26(30)18-25)29(34,35)36/h12-22,26H,2-11H2,1H3. The van der Waals surface area contributed by atoms with Crippen molar-refractivity contribution in [1.29, 1.82) is 0 Å². The van der Waals surface area contributed by atoms with E-state index in [0.717, 1.165) is 49.0 Å². The lowest BCUT2D eigenvalue weighted by Gasteiger charge is -2.38. The summed E-state index contributed by atoms with van der Waals surface area (Å²) in [4.78, 5) is 0. The molecule has 0 spiro atoms. The second-order valence-corrected chi connectivity index (χ2v) is 11.0. The van der Waals surface area contributed by atoms with Gasteiger partial charge in [0.05, 0.1) is 5.56 Å². The molecule has 206 valence electrons. The molecule has 2 fully saturated rings. The van der Waals surface area contributed by atoms with Crippen LogP contribution in [0.25, 0.3) is 0 Å². The molecule has 0 heterocycles. The number of hydrogen-bond acceptors (Lipinski definition) is 1. The molecule has 0 aromatic heterocycles. The first-order valence-electron chi connectivity index (χ1n) is 13.4. The van der Waals surface area contributed by atoms with Crippen molar-refractivity contribution in [2.45, 2.75) is 101 Å². The van der Waals surface area contributed by atoms with Gasteiger partial charge in [-0.3, -0.25) is 0 Å². The number of rotatable bonds is 7. The van der Waals surface area contributed by atoms with Crippen LogP contribution in [0.15, 0.2) is 48.3 Å². The highest BCUT2D eigenvalue weighted by Gasteiger charge is 2.60. The normalized spacial score (nSPS) is 33.2. The van der Waals surface area contributed by atoms with Crippen molar-refractivity contribution < 1.29 is 35.5 Å². The molecule has 3 aliphatic rings. The summed E-state index contributed by atoms with van der Waals surface area (Å²) in [6, 6.07) is 5.72. The van der Waals surface area contributed by atoms with E-state index >= 15 is 0 Å². The van der Waals surface area contributed by atoms with Crippen molar-refractivity contribution in [3.63, 3.8) is 0 Å². The number of halogens is 7. The summed E-state index contributed by atoms with van der Waals surface area (Å²) in [7, 11) is 0. The van der Waals surface area contributed by atoms with Crippen LogP contribution in [0.2, 0.25) is 0 Å². The van der Waals surface area contributed by atoms with Gasteiger partial charge in [0.15, 0.2) is 6.17 Å². The third kappa shape index (κ3) is 6.19. The maximum absolute atomic E-state index is 14.7. The van der Waals surface area contributed by atoms with Crippen LogP contribution in [0.4, 0.5) is 30.7 Å². The lowest BCUT2D eigenvalue weighted by Crippen LogP contribution is -2.47. The highest BCUT2D eigenvalue weighted by Crippen LogP contribution is 2.46. The summed E-state index contributed by atoms with van der Waals surface area (Å²) in [5, 5.41) is 0. The Morgan fingerprint density at radius 3 is 1.95 bits per heavy atom. The lowest BCUT2D eigenvalue weighted by atomic mass is 9.68. The smallest absolute Gasteiger partial charge is 0.429 e. The Labute approximate surface area is 214 Å². The van der Waals surface area contributed by atoms with Gasteiger partial charge in [-0.2, -0.15) is 22.0 Å². The van der Waals surface area contributed by atoms with Gasteiger partial charge in [0, 0.05) is 0 Å². The largest absolute Gasteiger partial charge is 0.429 e. The summed E-state index contributed by atoms with van der Waals surface area (Å²) >= 11 is 0. The molecule has 0 N–H and O–H groups in total. The Morgan fingerprint density at radius 1 is 0.865 bits per heavy atom. The minimum atomic E-state index is -5.52. The van der Waals surface area contributed by atoms with Gasteiger partial charge in [-0.25, -0.2) is 8.78 Å². The molecule has 8 heteroatoms. The maximum atomic E-state index is 14.7. The van der Waals surface area contributed by atoms with Crippen molar-refractivity contribution in [1.82, 2.24) is 0 Å². The van der Waals surface area contributed by atoms with E-state index in [2.05, 4.69) is 11.7 Å². The van der Waals surface area contributed by atoms with E-state index in [1.165, 1.54) is 50.7 Å². The molecular formula is C29H35F7O. The first-order chi connectivity index (χ1) is 17.4. The first-order valence-corrected chi connectivity index (χ1v) is 13.4. The van der Waals surface area contributed by atoms with Gasteiger partial charge < -0.3 is 4.74 Å². The second kappa shape index (κ2) is 11.0. The molecule has 0 bridgehead atoms. The minimum Gasteiger partial charge on any atom is -0.429 e. The van der Waals surface area contributed by atoms with E-state index in [4.69, 9.17) is 0 Å². The zero-order valence-corrected chi connectivity index (χ0v) is 21.1. The van der Waals surface area contributed by atoms with Crippen molar-refractivity contribution >= 4 is 0 Å². The molecular weight excluding hydrogens is 497 g/mol. The zero-order chi connectivity index (χ0) is 26.8. The van der Waals surface area contributed by atoms with E-state index in [1.54, 1.807) is 12.1 Å². The van der Waals surface area contributed by atoms with Crippen LogP contribution >= 0.6 is 0 Å². The van der Waals surface area contributed by atoms with E-state index < -0.39 is 35.4 Å². The van der Waals surface area contributed by atoms with Crippen LogP contribution in [0, 0.1) is 17.8 Å². The van der Waals surface area contributed by atoms with Crippen molar-refractivity contribution in [3.8, 4) is 0 Å². The van der Waals surface area contributed by atoms with Gasteiger partial charge in [-0.15, -0.1) is 0 Å². The number of hydrogen-bond donors (Lipinski definition) is 0. The van der Waals surface area contributed by atoms with E-state index in [9.17, 15) is 30.7 Å². The molecule has 0 aliphatic heterocycles. The average molecular weight is 533 g/mol. The molecule has 2 saturated carbocycles. The minimum absolute atomic E-state index is 0.0878. The lowest BCUT2D eigenvalue weighted by molar-refractivity contribution is -0.232. The molecule has 0 saturated heterocycles. The summed E-state index contributed by atoms with van der Waals surface area (Å²) in [5.74, 6) is 1.87. The van der Waals surface area contributed by atoms with Crippen LogP contribution in [-0.2, 0) is 10.8 Å². The van der Waals surface area contributed by atoms with Crippen LogP contribution in [-0.4, -0.2) is 18.0 Å². The van der Waals surface area contributed by atoms with Gasteiger partial charge in [0.1, 0.15) is 5.76 Å². The van der Waals surface area contributed by atoms with Crippen molar-refractivity contribution in [3.05, 3.63) is 59.4 Å². The fourth-order valence-corrected chi connectivity index (χ4v) is 6.37. The fourth-order valence-electron chi connectivity index (χ4n) is 6.37. The molecule has 37 heavy (non-hydrogen) atoms. The molecule has 1 aromatic carbocycles. The quantitative estimate of drug-likeness (QED) is 0.318. The van der Waals surface area contributed by atoms with E-state index in [-0.39, 0.29) is 12.2 Å². The Morgan fingerprint density at radius 2 is 1.43 bits per heavy atom. The van der Waals surface area contributed by atoms with Crippen LogP contribution in [0.1, 0.15) is 88.2 Å². The van der Waals surface area contributed by atoms with Gasteiger partial charge in [-0.05, 0) is 98.1 Å². The van der Waals surface area contributed by atoms with Crippen molar-refractivity contribution in [2.75, 3.05) is 0 Å². The molecule has 2 unspecified atom stereocenters. The topological polar surface area (TPSA) is 9.23 Å². The molecule has 1 aromatic rings. The van der Waals surface area contributed by atoms with Crippen LogP contribution in [0.3, 0.4) is 0 Å². The highest BCUT2D eigenvalue weighted by molar-refractivity contribution is 5.32. The third-order valence-corrected chi connectivity index (χ3v) is 8.63. The summed E-state index contributed by atoms with van der Waals surface area (Å²) < 4.78 is 99.9. The molecule has 4 rings (SSSR count). The molecule has 0 amide bonds.